The molecule has 0 saturated carbocycles. The van der Waals surface area contributed by atoms with E-state index in [2.05, 4.69) is 15.3 Å². The fraction of sp³-hybridized carbons (Fsp3) is 0.286. The summed E-state index contributed by atoms with van der Waals surface area (Å²) in [5.74, 6) is 1.50. The molecule has 2 N–H and O–H groups in total. The van der Waals surface area contributed by atoms with Crippen LogP contribution in [0.4, 0.5) is 4.39 Å². The van der Waals surface area contributed by atoms with E-state index < -0.39 is 0 Å². The van der Waals surface area contributed by atoms with Crippen molar-refractivity contribution < 1.29 is 9.18 Å². The van der Waals surface area contributed by atoms with Crippen LogP contribution in [-0.2, 0) is 10.5 Å². The third-order valence-corrected chi connectivity index (χ3v) is 3.73. The van der Waals surface area contributed by atoms with Crippen molar-refractivity contribution in [3.63, 3.8) is 0 Å². The zero-order valence-electron chi connectivity index (χ0n) is 11.1. The number of carbonyl (C=O) groups is 1. The number of halogens is 1. The molecule has 4 nitrogen and oxygen atoms in total. The Balaban J connectivity index is 1.71. The van der Waals surface area contributed by atoms with Crippen LogP contribution in [0, 0.1) is 5.82 Å². The summed E-state index contributed by atoms with van der Waals surface area (Å²) in [4.78, 5) is 18.8. The van der Waals surface area contributed by atoms with Crippen molar-refractivity contribution in [3.05, 3.63) is 53.9 Å². The fourth-order valence-electron chi connectivity index (χ4n) is 1.71. The number of thioether (sulfide) groups is 1. The van der Waals surface area contributed by atoms with Gasteiger partial charge in [-0.3, -0.25) is 4.79 Å². The highest BCUT2D eigenvalue weighted by atomic mass is 32.2. The van der Waals surface area contributed by atoms with Gasteiger partial charge in [-0.05, 0) is 24.6 Å². The highest BCUT2D eigenvalue weighted by Gasteiger charge is 2.11. The van der Waals surface area contributed by atoms with Crippen LogP contribution in [0.1, 0.15) is 24.4 Å². The Morgan fingerprint density at radius 2 is 2.20 bits per heavy atom. The highest BCUT2D eigenvalue weighted by molar-refractivity contribution is 7.99. The number of nitrogens with one attached hydrogen (secondary N) is 2. The first-order valence-corrected chi connectivity index (χ1v) is 7.41. The molecule has 2 aromatic rings. The molecular formula is C14H16FN3OS. The number of H-pyrrole nitrogens is 1. The lowest BCUT2D eigenvalue weighted by atomic mass is 10.2. The van der Waals surface area contributed by atoms with E-state index >= 15 is 0 Å². The maximum Gasteiger partial charge on any atom is 0.230 e. The zero-order chi connectivity index (χ0) is 14.4. The Morgan fingerprint density at radius 1 is 1.45 bits per heavy atom. The van der Waals surface area contributed by atoms with Crippen molar-refractivity contribution in [2.24, 2.45) is 0 Å². The molecule has 1 unspecified atom stereocenters. The van der Waals surface area contributed by atoms with E-state index in [9.17, 15) is 9.18 Å². The minimum Gasteiger partial charge on any atom is -0.347 e. The summed E-state index contributed by atoms with van der Waals surface area (Å²) < 4.78 is 12.7. The van der Waals surface area contributed by atoms with E-state index in [1.54, 1.807) is 24.5 Å². The van der Waals surface area contributed by atoms with Gasteiger partial charge < -0.3 is 10.3 Å². The summed E-state index contributed by atoms with van der Waals surface area (Å²) in [6.07, 6.45) is 3.38. The second kappa shape index (κ2) is 7.09. The molecular weight excluding hydrogens is 277 g/mol. The van der Waals surface area contributed by atoms with E-state index in [1.807, 2.05) is 6.92 Å². The Hall–Kier alpha value is -1.82. The van der Waals surface area contributed by atoms with Gasteiger partial charge in [0, 0.05) is 18.1 Å². The van der Waals surface area contributed by atoms with Crippen molar-refractivity contribution in [1.29, 1.82) is 0 Å². The van der Waals surface area contributed by atoms with Crippen LogP contribution in [0.2, 0.25) is 0 Å². The largest absolute Gasteiger partial charge is 0.347 e. The van der Waals surface area contributed by atoms with Crippen LogP contribution in [0.15, 0.2) is 36.7 Å². The highest BCUT2D eigenvalue weighted by Crippen LogP contribution is 2.13. The number of amides is 1. The molecule has 1 atom stereocenters. The predicted molar refractivity (Wildman–Crippen MR) is 77.7 cm³/mol. The second-order valence-corrected chi connectivity index (χ2v) is 5.37. The smallest absolute Gasteiger partial charge is 0.230 e. The molecule has 0 aliphatic rings. The maximum atomic E-state index is 12.7. The standard InChI is InChI=1S/C14H16FN3OS/c1-10(14-16-6-7-17-14)18-13(19)9-20-8-11-2-4-12(15)5-3-11/h2-7,10H,8-9H2,1H3,(H,16,17)(H,18,19). The first-order valence-electron chi connectivity index (χ1n) is 6.26. The van der Waals surface area contributed by atoms with Gasteiger partial charge in [0.05, 0.1) is 11.8 Å². The van der Waals surface area contributed by atoms with Gasteiger partial charge >= 0.3 is 0 Å². The van der Waals surface area contributed by atoms with E-state index in [0.717, 1.165) is 11.4 Å². The quantitative estimate of drug-likeness (QED) is 0.861. The van der Waals surface area contributed by atoms with Gasteiger partial charge in [0.25, 0.3) is 0 Å². The number of nitrogens with zero attached hydrogens (tertiary/aromatic N) is 1. The van der Waals surface area contributed by atoms with Crippen molar-refractivity contribution in [2.75, 3.05) is 5.75 Å². The maximum absolute atomic E-state index is 12.7. The van der Waals surface area contributed by atoms with E-state index in [0.29, 0.717) is 11.5 Å². The topological polar surface area (TPSA) is 57.8 Å². The van der Waals surface area contributed by atoms with Crippen LogP contribution in [0.3, 0.4) is 0 Å². The van der Waals surface area contributed by atoms with Gasteiger partial charge in [-0.1, -0.05) is 12.1 Å². The average Bonchev–Trinajstić information content (AvgIpc) is 2.95. The molecule has 20 heavy (non-hydrogen) atoms. The number of hydrogen-bond donors (Lipinski definition) is 2. The van der Waals surface area contributed by atoms with E-state index in [4.69, 9.17) is 0 Å². The lowest BCUT2D eigenvalue weighted by molar-refractivity contribution is -0.119. The number of imidazole rings is 1. The number of aromatic nitrogens is 2. The lowest BCUT2D eigenvalue weighted by Gasteiger charge is -2.11. The van der Waals surface area contributed by atoms with Gasteiger partial charge in [-0.2, -0.15) is 0 Å². The summed E-state index contributed by atoms with van der Waals surface area (Å²) >= 11 is 1.49. The minimum atomic E-state index is -0.247. The summed E-state index contributed by atoms with van der Waals surface area (Å²) in [5, 5.41) is 2.86. The second-order valence-electron chi connectivity index (χ2n) is 4.38. The Bertz CT molecular complexity index is 542. The monoisotopic (exact) mass is 293 g/mol. The molecule has 1 aromatic carbocycles. The Labute approximate surface area is 121 Å². The molecule has 1 aromatic heterocycles. The molecule has 1 heterocycles. The van der Waals surface area contributed by atoms with Gasteiger partial charge in [-0.25, -0.2) is 9.37 Å². The molecule has 0 bridgehead atoms. The van der Waals surface area contributed by atoms with E-state index in [-0.39, 0.29) is 17.8 Å². The summed E-state index contributed by atoms with van der Waals surface area (Å²) in [6.45, 7) is 1.88. The molecule has 0 aliphatic carbocycles. The number of rotatable bonds is 6. The van der Waals surface area contributed by atoms with Gasteiger partial charge in [-0.15, -0.1) is 11.8 Å². The van der Waals surface area contributed by atoms with Crippen LogP contribution in [0.5, 0.6) is 0 Å². The number of aromatic amines is 1. The first-order chi connectivity index (χ1) is 9.65. The third kappa shape index (κ3) is 4.38. The third-order valence-electron chi connectivity index (χ3n) is 2.72. The van der Waals surface area contributed by atoms with Gasteiger partial charge in [0.15, 0.2) is 0 Å². The molecule has 0 fully saturated rings. The van der Waals surface area contributed by atoms with Crippen LogP contribution in [0.25, 0.3) is 0 Å². The molecule has 106 valence electrons. The molecule has 1 amide bonds. The average molecular weight is 293 g/mol. The Kier molecular flexibility index (Phi) is 5.17. The first kappa shape index (κ1) is 14.6. The normalized spacial score (nSPS) is 12.1. The number of hydrogen-bond acceptors (Lipinski definition) is 3. The van der Waals surface area contributed by atoms with Crippen LogP contribution >= 0.6 is 11.8 Å². The fourth-order valence-corrected chi connectivity index (χ4v) is 2.51. The van der Waals surface area contributed by atoms with Crippen LogP contribution in [-0.4, -0.2) is 21.6 Å². The molecule has 0 saturated heterocycles. The summed E-state index contributed by atoms with van der Waals surface area (Å²) in [6, 6.07) is 6.17. The predicted octanol–water partition coefficient (Wildman–Crippen LogP) is 2.66. The van der Waals surface area contributed by atoms with E-state index in [1.165, 1.54) is 23.9 Å². The zero-order valence-corrected chi connectivity index (χ0v) is 11.9. The van der Waals surface area contributed by atoms with Crippen molar-refractivity contribution in [1.82, 2.24) is 15.3 Å². The van der Waals surface area contributed by atoms with Crippen molar-refractivity contribution in [3.8, 4) is 0 Å². The molecule has 0 spiro atoms. The molecule has 0 aliphatic heterocycles. The molecule has 2 rings (SSSR count). The minimum absolute atomic E-state index is 0.0407. The summed E-state index contributed by atoms with van der Waals surface area (Å²) in [7, 11) is 0. The summed E-state index contributed by atoms with van der Waals surface area (Å²) in [5.41, 5.74) is 1.00. The van der Waals surface area contributed by atoms with Crippen LogP contribution < -0.4 is 5.32 Å². The van der Waals surface area contributed by atoms with Gasteiger partial charge in [0.1, 0.15) is 11.6 Å². The van der Waals surface area contributed by atoms with Gasteiger partial charge in [0.2, 0.25) is 5.91 Å². The van der Waals surface area contributed by atoms with Crippen molar-refractivity contribution in [2.45, 2.75) is 18.7 Å². The molecule has 6 heteroatoms. The number of benzene rings is 1. The van der Waals surface area contributed by atoms with Crippen molar-refractivity contribution >= 4 is 17.7 Å². The molecule has 0 radical (unpaired) electrons. The lowest BCUT2D eigenvalue weighted by Crippen LogP contribution is -2.28. The SMILES string of the molecule is CC(NC(=O)CSCc1ccc(F)cc1)c1ncc[nH]1. The Morgan fingerprint density at radius 3 is 2.85 bits per heavy atom. The number of carbonyl (C=O) groups excluding carboxylic acids is 1.